The Labute approximate surface area is 128 Å². The van der Waals surface area contributed by atoms with Crippen LogP contribution in [0.3, 0.4) is 0 Å². The van der Waals surface area contributed by atoms with E-state index in [0.29, 0.717) is 19.1 Å². The predicted octanol–water partition coefficient (Wildman–Crippen LogP) is 3.87. The molecule has 0 aromatic heterocycles. The molecule has 114 valence electrons. The van der Waals surface area contributed by atoms with E-state index < -0.39 is 0 Å². The van der Waals surface area contributed by atoms with Gasteiger partial charge in [0.2, 0.25) is 0 Å². The highest BCUT2D eigenvalue weighted by Crippen LogP contribution is 2.49. The van der Waals surface area contributed by atoms with Gasteiger partial charge < -0.3 is 10.1 Å². The second kappa shape index (κ2) is 6.49. The van der Waals surface area contributed by atoms with Crippen LogP contribution in [0, 0.1) is 30.6 Å². The number of hydrogen-bond acceptors (Lipinski definition) is 3. The van der Waals surface area contributed by atoms with Gasteiger partial charge in [-0.1, -0.05) is 26.0 Å². The lowest BCUT2D eigenvalue weighted by Gasteiger charge is -2.18. The van der Waals surface area contributed by atoms with Gasteiger partial charge in [-0.25, -0.2) is 0 Å². The zero-order chi connectivity index (χ0) is 15.5. The lowest BCUT2D eigenvalue weighted by atomic mass is 10.0. The maximum atomic E-state index is 8.88. The Kier molecular flexibility index (Phi) is 4.90. The third-order valence-electron chi connectivity index (χ3n) is 4.17. The molecule has 1 N–H and O–H groups in total. The van der Waals surface area contributed by atoms with Crippen molar-refractivity contribution in [2.45, 2.75) is 59.5 Å². The van der Waals surface area contributed by atoms with Gasteiger partial charge in [-0.15, -0.1) is 0 Å². The number of nitriles is 1. The zero-order valence-electron chi connectivity index (χ0n) is 13.6. The minimum absolute atomic E-state index is 0.130. The second-order valence-corrected chi connectivity index (χ2v) is 6.72. The maximum Gasteiger partial charge on any atom is 0.125 e. The molecule has 0 saturated heterocycles. The molecule has 0 heterocycles. The van der Waals surface area contributed by atoms with Crippen molar-refractivity contribution in [2.75, 3.05) is 6.61 Å². The molecule has 0 spiro atoms. The average Bonchev–Trinajstić information content (AvgIpc) is 3.16. The second-order valence-electron chi connectivity index (χ2n) is 6.72. The fraction of sp³-hybridized carbons (Fsp3) is 0.611. The molecule has 1 aromatic rings. The topological polar surface area (TPSA) is 45.0 Å². The number of nitrogens with one attached hydrogen (secondary N) is 1. The lowest BCUT2D eigenvalue weighted by molar-refractivity contribution is 0.234. The number of ether oxygens (including phenoxy) is 1. The van der Waals surface area contributed by atoms with Crippen molar-refractivity contribution in [3.8, 4) is 11.8 Å². The van der Waals surface area contributed by atoms with Crippen molar-refractivity contribution in [1.82, 2.24) is 5.32 Å². The van der Waals surface area contributed by atoms with Gasteiger partial charge in [-0.05, 0) is 43.4 Å². The first-order valence-corrected chi connectivity index (χ1v) is 7.79. The minimum Gasteiger partial charge on any atom is -0.492 e. The molecule has 1 aliphatic carbocycles. The van der Waals surface area contributed by atoms with Crippen LogP contribution in [-0.2, 0) is 6.54 Å². The van der Waals surface area contributed by atoms with Crippen molar-refractivity contribution < 1.29 is 4.74 Å². The molecule has 3 heteroatoms. The van der Waals surface area contributed by atoms with Crippen molar-refractivity contribution in [3.05, 3.63) is 28.8 Å². The average molecular weight is 286 g/mol. The van der Waals surface area contributed by atoms with Crippen molar-refractivity contribution in [1.29, 1.82) is 5.26 Å². The Morgan fingerprint density at radius 1 is 1.29 bits per heavy atom. The molecule has 0 aliphatic heterocycles. The largest absolute Gasteiger partial charge is 0.492 e. The number of nitrogens with zero attached hydrogens (tertiary/aromatic N) is 1. The van der Waals surface area contributed by atoms with Gasteiger partial charge in [0.25, 0.3) is 0 Å². The zero-order valence-corrected chi connectivity index (χ0v) is 13.6. The van der Waals surface area contributed by atoms with E-state index in [1.807, 2.05) is 0 Å². The highest BCUT2D eigenvalue weighted by molar-refractivity contribution is 5.43. The van der Waals surface area contributed by atoms with E-state index in [2.05, 4.69) is 51.2 Å². The first-order valence-electron chi connectivity index (χ1n) is 7.79. The van der Waals surface area contributed by atoms with Crippen molar-refractivity contribution in [2.24, 2.45) is 5.41 Å². The molecule has 3 nitrogen and oxygen atoms in total. The van der Waals surface area contributed by atoms with Crippen molar-refractivity contribution >= 4 is 0 Å². The summed E-state index contributed by atoms with van der Waals surface area (Å²) in [5.41, 5.74) is 3.79. The van der Waals surface area contributed by atoms with Crippen molar-refractivity contribution in [3.63, 3.8) is 0 Å². The lowest BCUT2D eigenvalue weighted by Crippen LogP contribution is -2.22. The van der Waals surface area contributed by atoms with Crippen LogP contribution in [0.5, 0.6) is 5.75 Å². The summed E-state index contributed by atoms with van der Waals surface area (Å²) < 4.78 is 6.06. The van der Waals surface area contributed by atoms with Crippen LogP contribution in [0.25, 0.3) is 0 Å². The van der Waals surface area contributed by atoms with Crippen LogP contribution in [-0.4, -0.2) is 12.6 Å². The standard InChI is InChI=1S/C18H26N2O/c1-13(2)20-11-16-9-14(3)17(15(4)10-16)21-12-18(5-6-18)7-8-19/h9-10,13,20H,5-7,11-12H2,1-4H3. The fourth-order valence-corrected chi connectivity index (χ4v) is 2.63. The first kappa shape index (κ1) is 15.9. The molecule has 0 atom stereocenters. The van der Waals surface area contributed by atoms with E-state index in [0.717, 1.165) is 25.1 Å². The molecule has 1 aromatic carbocycles. The smallest absolute Gasteiger partial charge is 0.125 e. The molecule has 21 heavy (non-hydrogen) atoms. The molecule has 1 fully saturated rings. The summed E-state index contributed by atoms with van der Waals surface area (Å²) in [6, 6.07) is 7.16. The van der Waals surface area contributed by atoms with Gasteiger partial charge in [0, 0.05) is 24.4 Å². The summed E-state index contributed by atoms with van der Waals surface area (Å²) in [6.07, 6.45) is 2.85. The summed E-state index contributed by atoms with van der Waals surface area (Å²) >= 11 is 0. The SMILES string of the molecule is Cc1cc(CNC(C)C)cc(C)c1OCC1(CC#N)CC1. The molecular weight excluding hydrogens is 260 g/mol. The number of rotatable bonds is 7. The Morgan fingerprint density at radius 2 is 1.90 bits per heavy atom. The predicted molar refractivity (Wildman–Crippen MR) is 85.3 cm³/mol. The number of hydrogen-bond donors (Lipinski definition) is 1. The molecule has 1 aliphatic rings. The fourth-order valence-electron chi connectivity index (χ4n) is 2.63. The van der Waals surface area contributed by atoms with E-state index in [9.17, 15) is 0 Å². The molecule has 0 bridgehead atoms. The van der Waals surface area contributed by atoms with E-state index in [4.69, 9.17) is 10.00 Å². The van der Waals surface area contributed by atoms with Gasteiger partial charge in [0.05, 0.1) is 12.7 Å². The van der Waals surface area contributed by atoms with Gasteiger partial charge >= 0.3 is 0 Å². The van der Waals surface area contributed by atoms with Crippen LogP contribution < -0.4 is 10.1 Å². The third kappa shape index (κ3) is 4.22. The molecule has 0 amide bonds. The molecule has 1 saturated carbocycles. The maximum absolute atomic E-state index is 8.88. The van der Waals surface area contributed by atoms with E-state index >= 15 is 0 Å². The van der Waals surface area contributed by atoms with Crippen LogP contribution in [0.15, 0.2) is 12.1 Å². The third-order valence-corrected chi connectivity index (χ3v) is 4.17. The Hall–Kier alpha value is -1.53. The molecule has 0 unspecified atom stereocenters. The van der Waals surface area contributed by atoms with Crippen LogP contribution in [0.1, 0.15) is 49.8 Å². The van der Waals surface area contributed by atoms with Gasteiger partial charge in [-0.3, -0.25) is 0 Å². The Morgan fingerprint density at radius 3 is 2.38 bits per heavy atom. The van der Waals surface area contributed by atoms with Crippen LogP contribution >= 0.6 is 0 Å². The summed E-state index contributed by atoms with van der Waals surface area (Å²) in [5, 5.41) is 12.3. The Balaban J connectivity index is 2.02. The molecule has 2 rings (SSSR count). The molecular formula is C18H26N2O. The van der Waals surface area contributed by atoms with Crippen LogP contribution in [0.2, 0.25) is 0 Å². The summed E-state index contributed by atoms with van der Waals surface area (Å²) in [7, 11) is 0. The normalized spacial score (nSPS) is 15.8. The van der Waals surface area contributed by atoms with Crippen LogP contribution in [0.4, 0.5) is 0 Å². The summed E-state index contributed by atoms with van der Waals surface area (Å²) in [5.74, 6) is 0.993. The quantitative estimate of drug-likeness (QED) is 0.827. The number of benzene rings is 1. The monoisotopic (exact) mass is 286 g/mol. The summed E-state index contributed by atoms with van der Waals surface area (Å²) in [6.45, 7) is 10.1. The van der Waals surface area contributed by atoms with Gasteiger partial charge in [-0.2, -0.15) is 5.26 Å². The summed E-state index contributed by atoms with van der Waals surface area (Å²) in [4.78, 5) is 0. The Bertz CT molecular complexity index is 516. The minimum atomic E-state index is 0.130. The van der Waals surface area contributed by atoms with Gasteiger partial charge in [0.15, 0.2) is 0 Å². The van der Waals surface area contributed by atoms with E-state index in [1.54, 1.807) is 0 Å². The highest BCUT2D eigenvalue weighted by atomic mass is 16.5. The highest BCUT2D eigenvalue weighted by Gasteiger charge is 2.43. The van der Waals surface area contributed by atoms with E-state index in [1.165, 1.54) is 16.7 Å². The molecule has 0 radical (unpaired) electrons. The first-order chi connectivity index (χ1) is 9.96. The number of aryl methyl sites for hydroxylation is 2. The van der Waals surface area contributed by atoms with E-state index in [-0.39, 0.29) is 5.41 Å². The van der Waals surface area contributed by atoms with Gasteiger partial charge in [0.1, 0.15) is 5.75 Å².